The SMILES string of the molecule is CC(C)(O)c1ccn2c(C(=O)N[C@H]3CC4(C3)C[C@H](c3n[nH]c(=O)c5ccccc53)C4)cnc2c1. The van der Waals surface area contributed by atoms with Crippen LogP contribution in [-0.2, 0) is 5.60 Å². The van der Waals surface area contributed by atoms with Crippen LogP contribution >= 0.6 is 0 Å². The molecule has 8 nitrogen and oxygen atoms in total. The van der Waals surface area contributed by atoms with Gasteiger partial charge in [0.2, 0.25) is 0 Å². The number of rotatable bonds is 4. The van der Waals surface area contributed by atoms with E-state index in [1.807, 2.05) is 30.3 Å². The summed E-state index contributed by atoms with van der Waals surface area (Å²) in [4.78, 5) is 29.3. The second-order valence-electron chi connectivity index (χ2n) is 10.5. The molecule has 3 aromatic heterocycles. The van der Waals surface area contributed by atoms with Crippen molar-refractivity contribution in [2.45, 2.75) is 57.1 Å². The molecule has 2 aliphatic carbocycles. The monoisotopic (exact) mass is 457 g/mol. The molecule has 0 radical (unpaired) electrons. The molecule has 8 heteroatoms. The first-order chi connectivity index (χ1) is 16.2. The highest BCUT2D eigenvalue weighted by Gasteiger charge is 2.54. The van der Waals surface area contributed by atoms with E-state index >= 15 is 0 Å². The summed E-state index contributed by atoms with van der Waals surface area (Å²) in [6, 6.07) is 11.4. The predicted octanol–water partition coefficient (Wildman–Crippen LogP) is 3.25. The molecule has 0 bridgehead atoms. The van der Waals surface area contributed by atoms with Crippen LogP contribution in [-0.4, -0.2) is 36.6 Å². The highest BCUT2D eigenvalue weighted by molar-refractivity contribution is 5.93. The van der Waals surface area contributed by atoms with Gasteiger partial charge in [0.25, 0.3) is 11.5 Å². The quantitative estimate of drug-likeness (QED) is 0.435. The highest BCUT2D eigenvalue weighted by atomic mass is 16.3. The Morgan fingerprint density at radius 3 is 2.65 bits per heavy atom. The molecule has 1 amide bonds. The van der Waals surface area contributed by atoms with Crippen LogP contribution in [0.4, 0.5) is 0 Å². The summed E-state index contributed by atoms with van der Waals surface area (Å²) in [5.41, 5.74) is 2.00. The molecule has 0 unspecified atom stereocenters. The van der Waals surface area contributed by atoms with Crippen molar-refractivity contribution in [2.75, 3.05) is 0 Å². The van der Waals surface area contributed by atoms with Gasteiger partial charge in [-0.25, -0.2) is 10.1 Å². The zero-order chi connectivity index (χ0) is 23.7. The number of carbonyl (C=O) groups is 1. The largest absolute Gasteiger partial charge is 0.386 e. The molecule has 34 heavy (non-hydrogen) atoms. The summed E-state index contributed by atoms with van der Waals surface area (Å²) in [5, 5.41) is 22.0. The lowest BCUT2D eigenvalue weighted by atomic mass is 9.49. The molecule has 2 saturated carbocycles. The Balaban J connectivity index is 1.10. The number of hydrogen-bond acceptors (Lipinski definition) is 5. The third-order valence-corrected chi connectivity index (χ3v) is 7.62. The molecular formula is C26H27N5O3. The van der Waals surface area contributed by atoms with Crippen molar-refractivity contribution in [1.82, 2.24) is 24.9 Å². The molecule has 4 aromatic rings. The van der Waals surface area contributed by atoms with E-state index in [9.17, 15) is 14.7 Å². The van der Waals surface area contributed by atoms with E-state index < -0.39 is 5.60 Å². The van der Waals surface area contributed by atoms with E-state index in [-0.39, 0.29) is 22.9 Å². The Morgan fingerprint density at radius 1 is 1.18 bits per heavy atom. The van der Waals surface area contributed by atoms with Crippen LogP contribution in [0.15, 0.2) is 53.6 Å². The van der Waals surface area contributed by atoms with Crippen molar-refractivity contribution in [3.05, 3.63) is 76.1 Å². The summed E-state index contributed by atoms with van der Waals surface area (Å²) in [7, 11) is 0. The third kappa shape index (κ3) is 3.32. The molecule has 6 rings (SSSR count). The van der Waals surface area contributed by atoms with Gasteiger partial charge < -0.3 is 10.4 Å². The van der Waals surface area contributed by atoms with Crippen LogP contribution in [0.1, 0.15) is 67.2 Å². The van der Waals surface area contributed by atoms with Crippen LogP contribution in [0.3, 0.4) is 0 Å². The Morgan fingerprint density at radius 2 is 1.91 bits per heavy atom. The van der Waals surface area contributed by atoms with Crippen LogP contribution < -0.4 is 10.9 Å². The number of hydrogen-bond donors (Lipinski definition) is 3. The number of benzene rings is 1. The van der Waals surface area contributed by atoms with Gasteiger partial charge in [-0.3, -0.25) is 14.0 Å². The standard InChI is InChI=1S/C26H27N5O3/c1-25(2,34)16-7-8-31-20(14-27-21(31)9-16)24(33)28-17-12-26(13-17)10-15(11-26)22-18-5-3-4-6-19(18)23(32)30-29-22/h3-9,14-15,17,34H,10-13H2,1-2H3,(H,28,33)(H,30,32)/t15-,17-,26?. The molecule has 1 aromatic carbocycles. The summed E-state index contributed by atoms with van der Waals surface area (Å²) in [5.74, 6) is 0.203. The second kappa shape index (κ2) is 7.24. The molecule has 0 aliphatic heterocycles. The van der Waals surface area contributed by atoms with Gasteiger partial charge in [0.15, 0.2) is 0 Å². The van der Waals surface area contributed by atoms with Crippen LogP contribution in [0, 0.1) is 5.41 Å². The molecule has 0 saturated heterocycles. The minimum Gasteiger partial charge on any atom is -0.386 e. The molecular weight excluding hydrogens is 430 g/mol. The zero-order valence-electron chi connectivity index (χ0n) is 19.2. The van der Waals surface area contributed by atoms with Crippen molar-refractivity contribution in [3.63, 3.8) is 0 Å². The highest BCUT2D eigenvalue weighted by Crippen LogP contribution is 2.62. The Hall–Kier alpha value is -3.52. The van der Waals surface area contributed by atoms with E-state index in [0.717, 1.165) is 42.3 Å². The topological polar surface area (TPSA) is 112 Å². The van der Waals surface area contributed by atoms with Gasteiger partial charge in [0.05, 0.1) is 22.9 Å². The van der Waals surface area contributed by atoms with Gasteiger partial charge >= 0.3 is 0 Å². The fraction of sp³-hybridized carbons (Fsp3) is 0.385. The lowest BCUT2D eigenvalue weighted by molar-refractivity contribution is -0.0197. The first-order valence-corrected chi connectivity index (χ1v) is 11.7. The Kier molecular flexibility index (Phi) is 4.48. The maximum atomic E-state index is 12.9. The van der Waals surface area contributed by atoms with Crippen LogP contribution in [0.5, 0.6) is 0 Å². The van der Waals surface area contributed by atoms with E-state index in [1.54, 1.807) is 36.7 Å². The number of carbonyl (C=O) groups excluding carboxylic acids is 1. The number of nitrogens with zero attached hydrogens (tertiary/aromatic N) is 3. The van der Waals surface area contributed by atoms with Gasteiger partial charge in [-0.1, -0.05) is 18.2 Å². The van der Waals surface area contributed by atoms with E-state index in [4.69, 9.17) is 0 Å². The predicted molar refractivity (Wildman–Crippen MR) is 128 cm³/mol. The first-order valence-electron chi connectivity index (χ1n) is 11.7. The summed E-state index contributed by atoms with van der Waals surface area (Å²) < 4.78 is 1.76. The number of H-pyrrole nitrogens is 1. The summed E-state index contributed by atoms with van der Waals surface area (Å²) in [6.45, 7) is 3.45. The lowest BCUT2D eigenvalue weighted by Gasteiger charge is -2.57. The van der Waals surface area contributed by atoms with Gasteiger partial charge in [-0.05, 0) is 68.7 Å². The smallest absolute Gasteiger partial charge is 0.272 e. The molecule has 1 spiro atoms. The maximum absolute atomic E-state index is 12.9. The summed E-state index contributed by atoms with van der Waals surface area (Å²) in [6.07, 6.45) is 7.33. The average Bonchev–Trinajstić information content (AvgIpc) is 3.18. The van der Waals surface area contributed by atoms with Crippen LogP contribution in [0.2, 0.25) is 0 Å². The third-order valence-electron chi connectivity index (χ3n) is 7.62. The fourth-order valence-corrected chi connectivity index (χ4v) is 5.84. The van der Waals surface area contributed by atoms with Crippen LogP contribution in [0.25, 0.3) is 16.4 Å². The Labute approximate surface area is 196 Å². The van der Waals surface area contributed by atoms with Gasteiger partial charge in [-0.2, -0.15) is 5.10 Å². The van der Waals surface area contributed by atoms with E-state index in [1.165, 1.54) is 0 Å². The minimum absolute atomic E-state index is 0.132. The number of aromatic nitrogens is 4. The number of imidazole rings is 1. The second-order valence-corrected chi connectivity index (χ2v) is 10.5. The number of pyridine rings is 1. The van der Waals surface area contributed by atoms with Crippen molar-refractivity contribution < 1.29 is 9.90 Å². The molecule has 174 valence electrons. The van der Waals surface area contributed by atoms with Crippen molar-refractivity contribution in [2.24, 2.45) is 5.41 Å². The Bertz CT molecular complexity index is 1480. The van der Waals surface area contributed by atoms with Gasteiger partial charge in [0, 0.05) is 23.5 Å². The lowest BCUT2D eigenvalue weighted by Crippen LogP contribution is -2.55. The summed E-state index contributed by atoms with van der Waals surface area (Å²) >= 11 is 0. The van der Waals surface area contributed by atoms with E-state index in [2.05, 4.69) is 20.5 Å². The molecule has 3 N–H and O–H groups in total. The van der Waals surface area contributed by atoms with Gasteiger partial charge in [-0.15, -0.1) is 0 Å². The molecule has 0 atom stereocenters. The fourth-order valence-electron chi connectivity index (χ4n) is 5.84. The minimum atomic E-state index is -0.964. The van der Waals surface area contributed by atoms with Crippen molar-refractivity contribution in [1.29, 1.82) is 0 Å². The van der Waals surface area contributed by atoms with Crippen molar-refractivity contribution >= 4 is 22.3 Å². The van der Waals surface area contributed by atoms with Gasteiger partial charge in [0.1, 0.15) is 11.3 Å². The molecule has 2 fully saturated rings. The maximum Gasteiger partial charge on any atom is 0.272 e. The van der Waals surface area contributed by atoms with Crippen molar-refractivity contribution in [3.8, 4) is 0 Å². The molecule has 2 aliphatic rings. The zero-order valence-corrected chi connectivity index (χ0v) is 19.2. The average molecular weight is 458 g/mol. The number of amides is 1. The normalized spacial score (nSPS) is 24.2. The first kappa shape index (κ1) is 21.0. The molecule has 3 heterocycles. The number of aliphatic hydroxyl groups is 1. The number of nitrogens with one attached hydrogen (secondary N) is 2. The number of aromatic amines is 1. The van der Waals surface area contributed by atoms with E-state index in [0.29, 0.717) is 22.6 Å². The number of fused-ring (bicyclic) bond motifs is 2.